The van der Waals surface area contributed by atoms with Crippen molar-refractivity contribution in [2.75, 3.05) is 0 Å². The van der Waals surface area contributed by atoms with Crippen LogP contribution in [0.3, 0.4) is 0 Å². The molecule has 1 aromatic rings. The van der Waals surface area contributed by atoms with Crippen molar-refractivity contribution >= 4 is 11.9 Å². The number of rotatable bonds is 5. The molecule has 0 radical (unpaired) electrons. The normalized spacial score (nSPS) is 12.2. The number of allylic oxidation sites excluding steroid dienone is 6. The molecule has 1 heteroatoms. The molecular formula is C16H16O. The summed E-state index contributed by atoms with van der Waals surface area (Å²) in [5.41, 5.74) is 1.73. The lowest BCUT2D eigenvalue weighted by Gasteiger charge is -1.93. The number of carbonyl (C=O) groups is 1. The Morgan fingerprint density at radius 3 is 2.53 bits per heavy atom. The number of hydrogen-bond acceptors (Lipinski definition) is 1. The van der Waals surface area contributed by atoms with Gasteiger partial charge in [-0.05, 0) is 24.1 Å². The molecule has 0 bridgehead atoms. The van der Waals surface area contributed by atoms with Gasteiger partial charge in [0.25, 0.3) is 0 Å². The molecule has 0 N–H and O–H groups in total. The summed E-state index contributed by atoms with van der Waals surface area (Å²) in [4.78, 5) is 11.7. The van der Waals surface area contributed by atoms with Gasteiger partial charge in [-0.2, -0.15) is 0 Å². The summed E-state index contributed by atoms with van der Waals surface area (Å²) in [5, 5.41) is 0. The van der Waals surface area contributed by atoms with E-state index in [1.54, 1.807) is 37.3 Å². The third kappa shape index (κ3) is 4.94. The minimum absolute atomic E-state index is 0.0163. The van der Waals surface area contributed by atoms with E-state index in [4.69, 9.17) is 0 Å². The molecule has 0 saturated carbocycles. The maximum Gasteiger partial charge on any atom is 0.181 e. The van der Waals surface area contributed by atoms with Gasteiger partial charge >= 0.3 is 0 Å². The zero-order valence-corrected chi connectivity index (χ0v) is 9.97. The molecule has 0 aliphatic rings. The van der Waals surface area contributed by atoms with E-state index >= 15 is 0 Å². The van der Waals surface area contributed by atoms with Gasteiger partial charge in [-0.15, -0.1) is 0 Å². The summed E-state index contributed by atoms with van der Waals surface area (Å²) in [5.74, 6) is 0.0163. The first kappa shape index (κ1) is 12.9. The van der Waals surface area contributed by atoms with Crippen molar-refractivity contribution in [1.82, 2.24) is 0 Å². The smallest absolute Gasteiger partial charge is 0.181 e. The van der Waals surface area contributed by atoms with E-state index < -0.39 is 0 Å². The summed E-state index contributed by atoms with van der Waals surface area (Å²) >= 11 is 0. The second kappa shape index (κ2) is 7.18. The molecule has 0 spiro atoms. The highest BCUT2D eigenvalue weighted by atomic mass is 16.1. The van der Waals surface area contributed by atoms with Gasteiger partial charge in [-0.1, -0.05) is 67.3 Å². The standard InChI is InChI=1S/C16H16O/c1-3-4-6-9-14(2)16(17)13-12-15-10-7-5-8-11-15/h3-13H,1H2,2H3/b6-4-,13-12+,14-9+. The van der Waals surface area contributed by atoms with E-state index in [1.807, 2.05) is 36.4 Å². The van der Waals surface area contributed by atoms with E-state index in [1.165, 1.54) is 0 Å². The average Bonchev–Trinajstić information content (AvgIpc) is 2.37. The van der Waals surface area contributed by atoms with Gasteiger partial charge in [-0.25, -0.2) is 0 Å². The molecular weight excluding hydrogens is 208 g/mol. The Morgan fingerprint density at radius 2 is 1.88 bits per heavy atom. The van der Waals surface area contributed by atoms with Crippen molar-refractivity contribution in [3.8, 4) is 0 Å². The van der Waals surface area contributed by atoms with Crippen LogP contribution in [0.5, 0.6) is 0 Å². The predicted molar refractivity (Wildman–Crippen MR) is 73.6 cm³/mol. The van der Waals surface area contributed by atoms with E-state index in [0.29, 0.717) is 5.57 Å². The summed E-state index contributed by atoms with van der Waals surface area (Å²) in [7, 11) is 0. The minimum atomic E-state index is 0.0163. The topological polar surface area (TPSA) is 17.1 Å². The molecule has 0 aliphatic carbocycles. The maximum atomic E-state index is 11.7. The third-order valence-electron chi connectivity index (χ3n) is 2.21. The van der Waals surface area contributed by atoms with E-state index in [9.17, 15) is 4.79 Å². The molecule has 1 rings (SSSR count). The summed E-state index contributed by atoms with van der Waals surface area (Å²) in [6.07, 6.45) is 10.4. The van der Waals surface area contributed by atoms with Crippen LogP contribution in [0.2, 0.25) is 0 Å². The average molecular weight is 224 g/mol. The Labute approximate surface area is 102 Å². The molecule has 86 valence electrons. The number of ketones is 1. The van der Waals surface area contributed by atoms with Crippen LogP contribution in [0.4, 0.5) is 0 Å². The Morgan fingerprint density at radius 1 is 1.18 bits per heavy atom. The molecule has 0 fully saturated rings. The van der Waals surface area contributed by atoms with E-state index in [0.717, 1.165) is 5.56 Å². The minimum Gasteiger partial charge on any atom is -0.290 e. The highest BCUT2D eigenvalue weighted by molar-refractivity contribution is 6.06. The molecule has 0 saturated heterocycles. The lowest BCUT2D eigenvalue weighted by molar-refractivity contribution is -0.111. The fourth-order valence-electron chi connectivity index (χ4n) is 1.23. The SMILES string of the molecule is C=C/C=C\C=C(/C)C(=O)/C=C/c1ccccc1. The van der Waals surface area contributed by atoms with Gasteiger partial charge < -0.3 is 0 Å². The van der Waals surface area contributed by atoms with Gasteiger partial charge in [0.2, 0.25) is 0 Å². The first-order chi connectivity index (χ1) is 8.24. The summed E-state index contributed by atoms with van der Waals surface area (Å²) < 4.78 is 0. The molecule has 0 amide bonds. The summed E-state index contributed by atoms with van der Waals surface area (Å²) in [6, 6.07) is 9.75. The molecule has 0 atom stereocenters. The number of carbonyl (C=O) groups excluding carboxylic acids is 1. The molecule has 0 unspecified atom stereocenters. The van der Waals surface area contributed by atoms with E-state index in [2.05, 4.69) is 6.58 Å². The van der Waals surface area contributed by atoms with E-state index in [-0.39, 0.29) is 5.78 Å². The molecule has 0 aromatic heterocycles. The fourth-order valence-corrected chi connectivity index (χ4v) is 1.23. The zero-order valence-electron chi connectivity index (χ0n) is 9.97. The van der Waals surface area contributed by atoms with Crippen LogP contribution < -0.4 is 0 Å². The number of benzene rings is 1. The first-order valence-electron chi connectivity index (χ1n) is 5.47. The fraction of sp³-hybridized carbons (Fsp3) is 0.0625. The van der Waals surface area contributed by atoms with Crippen LogP contribution in [0, 0.1) is 0 Å². The van der Waals surface area contributed by atoms with Gasteiger partial charge in [0, 0.05) is 0 Å². The maximum absolute atomic E-state index is 11.7. The highest BCUT2D eigenvalue weighted by Crippen LogP contribution is 2.03. The van der Waals surface area contributed by atoms with Crippen LogP contribution in [-0.2, 0) is 4.79 Å². The van der Waals surface area contributed by atoms with Crippen molar-refractivity contribution < 1.29 is 4.79 Å². The quantitative estimate of drug-likeness (QED) is 0.546. The van der Waals surface area contributed by atoms with Crippen molar-refractivity contribution in [1.29, 1.82) is 0 Å². The highest BCUT2D eigenvalue weighted by Gasteiger charge is 1.97. The monoisotopic (exact) mass is 224 g/mol. The van der Waals surface area contributed by atoms with Crippen LogP contribution in [-0.4, -0.2) is 5.78 Å². The predicted octanol–water partition coefficient (Wildman–Crippen LogP) is 3.96. The largest absolute Gasteiger partial charge is 0.290 e. The summed E-state index contributed by atoms with van der Waals surface area (Å²) in [6.45, 7) is 5.36. The van der Waals surface area contributed by atoms with Crippen molar-refractivity contribution in [2.45, 2.75) is 6.92 Å². The van der Waals surface area contributed by atoms with Crippen LogP contribution in [0.25, 0.3) is 6.08 Å². The lowest BCUT2D eigenvalue weighted by Crippen LogP contribution is -1.93. The Balaban J connectivity index is 2.66. The van der Waals surface area contributed by atoms with Gasteiger partial charge in [0.15, 0.2) is 5.78 Å². The van der Waals surface area contributed by atoms with Gasteiger partial charge in [0.1, 0.15) is 0 Å². The molecule has 0 heterocycles. The third-order valence-corrected chi connectivity index (χ3v) is 2.21. The van der Waals surface area contributed by atoms with Crippen LogP contribution >= 0.6 is 0 Å². The molecule has 1 nitrogen and oxygen atoms in total. The molecule has 1 aromatic carbocycles. The van der Waals surface area contributed by atoms with Crippen molar-refractivity contribution in [3.63, 3.8) is 0 Å². The van der Waals surface area contributed by atoms with Gasteiger partial charge in [-0.3, -0.25) is 4.79 Å². The zero-order chi connectivity index (χ0) is 12.5. The number of hydrogen-bond donors (Lipinski definition) is 0. The first-order valence-corrected chi connectivity index (χ1v) is 5.47. The molecule has 17 heavy (non-hydrogen) atoms. The molecule has 0 aliphatic heterocycles. The van der Waals surface area contributed by atoms with Crippen LogP contribution in [0.15, 0.2) is 72.9 Å². The lowest BCUT2D eigenvalue weighted by atomic mass is 10.1. The van der Waals surface area contributed by atoms with Crippen LogP contribution in [0.1, 0.15) is 12.5 Å². The van der Waals surface area contributed by atoms with Crippen molar-refractivity contribution in [2.24, 2.45) is 0 Å². The Kier molecular flexibility index (Phi) is 5.45. The Hall–Kier alpha value is -2.15. The van der Waals surface area contributed by atoms with Crippen molar-refractivity contribution in [3.05, 3.63) is 78.4 Å². The van der Waals surface area contributed by atoms with Gasteiger partial charge in [0.05, 0.1) is 0 Å². The second-order valence-corrected chi connectivity index (χ2v) is 3.58. The Bertz CT molecular complexity index is 462. The second-order valence-electron chi connectivity index (χ2n) is 3.58.